The van der Waals surface area contributed by atoms with Gasteiger partial charge in [-0.05, 0) is 63.1 Å². The molecule has 0 unspecified atom stereocenters. The van der Waals surface area contributed by atoms with E-state index >= 15 is 0 Å². The molecule has 1 fully saturated rings. The van der Waals surface area contributed by atoms with E-state index in [1.807, 2.05) is 0 Å². The Morgan fingerprint density at radius 1 is 1.28 bits per heavy atom. The van der Waals surface area contributed by atoms with E-state index in [9.17, 15) is 4.79 Å². The van der Waals surface area contributed by atoms with Crippen LogP contribution in [0.1, 0.15) is 52.9 Å². The van der Waals surface area contributed by atoms with Gasteiger partial charge in [-0.25, -0.2) is 0 Å². The van der Waals surface area contributed by atoms with Gasteiger partial charge in [0.15, 0.2) is 8.32 Å². The van der Waals surface area contributed by atoms with E-state index in [2.05, 4.69) is 64.7 Å². The van der Waals surface area contributed by atoms with Crippen LogP contribution in [0, 0.1) is 23.7 Å². The first-order valence-electron chi connectivity index (χ1n) is 9.83. The molecule has 0 aromatic rings. The molecule has 0 saturated heterocycles. The fourth-order valence-corrected chi connectivity index (χ4v) is 4.84. The molecule has 0 aromatic carbocycles. The van der Waals surface area contributed by atoms with Crippen LogP contribution in [0.4, 0.5) is 0 Å². The lowest BCUT2D eigenvalue weighted by Crippen LogP contribution is -2.34. The molecule has 0 heterocycles. The zero-order chi connectivity index (χ0) is 19.0. The third-order valence-corrected chi connectivity index (χ3v) is 5.83. The first-order chi connectivity index (χ1) is 11.6. The second-order valence-corrected chi connectivity index (χ2v) is 13.3. The van der Waals surface area contributed by atoms with Crippen molar-refractivity contribution in [2.24, 2.45) is 23.7 Å². The largest absolute Gasteiger partial charge is 0.481 e. The van der Waals surface area contributed by atoms with E-state index in [0.29, 0.717) is 29.8 Å². The molecular weight excluding hydrogens is 328 g/mol. The SMILES string of the molecule is CC(C)C=C[C@@H]1[C@@H](C/C=C\CCCC(=O)O)[C@@H](C)C[C@H]1O[Si](C)(C)C. The average Bonchev–Trinajstić information content (AvgIpc) is 2.73. The Morgan fingerprint density at radius 3 is 2.52 bits per heavy atom. The number of allylic oxidation sites excluding steroid dienone is 3. The Morgan fingerprint density at radius 2 is 1.96 bits per heavy atom. The van der Waals surface area contributed by atoms with Crippen molar-refractivity contribution in [1.82, 2.24) is 0 Å². The number of carboxylic acid groups (broad SMARTS) is 1. The summed E-state index contributed by atoms with van der Waals surface area (Å²) < 4.78 is 6.51. The number of carbonyl (C=O) groups is 1. The van der Waals surface area contributed by atoms with Crippen molar-refractivity contribution in [3.05, 3.63) is 24.3 Å². The van der Waals surface area contributed by atoms with Crippen LogP contribution in [0.25, 0.3) is 0 Å². The molecule has 1 rings (SSSR count). The van der Waals surface area contributed by atoms with E-state index in [4.69, 9.17) is 9.53 Å². The molecule has 1 aliphatic carbocycles. The highest BCUT2D eigenvalue weighted by molar-refractivity contribution is 6.69. The molecule has 0 spiro atoms. The fourth-order valence-electron chi connectivity index (χ4n) is 3.68. The van der Waals surface area contributed by atoms with Crippen LogP contribution < -0.4 is 0 Å². The predicted octanol–water partition coefficient (Wildman–Crippen LogP) is 5.89. The van der Waals surface area contributed by atoms with Gasteiger partial charge in [-0.1, -0.05) is 45.1 Å². The van der Waals surface area contributed by atoms with Crippen LogP contribution in [0.3, 0.4) is 0 Å². The number of aliphatic carboxylic acids is 1. The van der Waals surface area contributed by atoms with Gasteiger partial charge in [0.1, 0.15) is 0 Å². The highest BCUT2D eigenvalue weighted by Crippen LogP contribution is 2.43. The molecule has 1 N–H and O–H groups in total. The smallest absolute Gasteiger partial charge is 0.303 e. The zero-order valence-corrected chi connectivity index (χ0v) is 18.0. The minimum absolute atomic E-state index is 0.260. The minimum Gasteiger partial charge on any atom is -0.481 e. The van der Waals surface area contributed by atoms with Crippen LogP contribution in [0.5, 0.6) is 0 Å². The van der Waals surface area contributed by atoms with E-state index in [-0.39, 0.29) is 6.42 Å². The summed E-state index contributed by atoms with van der Waals surface area (Å²) in [6, 6.07) is 0. The molecule has 0 bridgehead atoms. The van der Waals surface area contributed by atoms with Crippen LogP contribution >= 0.6 is 0 Å². The van der Waals surface area contributed by atoms with Gasteiger partial charge < -0.3 is 9.53 Å². The first-order valence-corrected chi connectivity index (χ1v) is 13.2. The molecule has 4 atom stereocenters. The van der Waals surface area contributed by atoms with Crippen molar-refractivity contribution in [2.75, 3.05) is 0 Å². The number of hydrogen-bond donors (Lipinski definition) is 1. The summed E-state index contributed by atoms with van der Waals surface area (Å²) in [5, 5.41) is 8.70. The highest BCUT2D eigenvalue weighted by Gasteiger charge is 2.41. The number of hydrogen-bond acceptors (Lipinski definition) is 2. The Kier molecular flexibility index (Phi) is 9.15. The second kappa shape index (κ2) is 10.3. The van der Waals surface area contributed by atoms with Gasteiger partial charge in [0.25, 0.3) is 0 Å². The molecule has 25 heavy (non-hydrogen) atoms. The van der Waals surface area contributed by atoms with Crippen molar-refractivity contribution in [2.45, 2.75) is 78.6 Å². The summed E-state index contributed by atoms with van der Waals surface area (Å²) in [6.07, 6.45) is 13.6. The standard InChI is InChI=1S/C21H38O3Si/c1-16(2)13-14-19-18(11-9-7-8-10-12-21(22)23)17(3)15-20(19)24-25(4,5)6/h7,9,13-14,16-20H,8,10-12,15H2,1-6H3,(H,22,23)/b9-7-,14-13?/t17-,18-,19+,20+/m0/s1. The topological polar surface area (TPSA) is 46.5 Å². The van der Waals surface area contributed by atoms with Crippen molar-refractivity contribution in [3.8, 4) is 0 Å². The quantitative estimate of drug-likeness (QED) is 0.298. The van der Waals surface area contributed by atoms with Crippen molar-refractivity contribution >= 4 is 14.3 Å². The summed E-state index contributed by atoms with van der Waals surface area (Å²) in [4.78, 5) is 10.6. The normalized spacial score (nSPS) is 27.8. The van der Waals surface area contributed by atoms with Crippen LogP contribution in [0.2, 0.25) is 19.6 Å². The molecule has 3 nitrogen and oxygen atoms in total. The Balaban J connectivity index is 2.69. The van der Waals surface area contributed by atoms with Gasteiger partial charge in [0, 0.05) is 12.3 Å². The number of unbranched alkanes of at least 4 members (excludes halogenated alkanes) is 1. The maximum absolute atomic E-state index is 10.6. The summed E-state index contributed by atoms with van der Waals surface area (Å²) in [5.74, 6) is 1.63. The monoisotopic (exact) mass is 366 g/mol. The van der Waals surface area contributed by atoms with Gasteiger partial charge >= 0.3 is 5.97 Å². The molecule has 0 amide bonds. The average molecular weight is 367 g/mol. The first kappa shape index (κ1) is 22.2. The van der Waals surface area contributed by atoms with E-state index in [1.54, 1.807) is 0 Å². The second-order valence-electron chi connectivity index (χ2n) is 8.84. The summed E-state index contributed by atoms with van der Waals surface area (Å²) in [5.41, 5.74) is 0. The van der Waals surface area contributed by atoms with Gasteiger partial charge in [-0.2, -0.15) is 0 Å². The summed E-state index contributed by atoms with van der Waals surface area (Å²) in [7, 11) is -1.55. The molecule has 1 saturated carbocycles. The molecule has 4 heteroatoms. The van der Waals surface area contributed by atoms with Crippen LogP contribution in [-0.4, -0.2) is 25.5 Å². The van der Waals surface area contributed by atoms with E-state index < -0.39 is 14.3 Å². The summed E-state index contributed by atoms with van der Waals surface area (Å²) in [6.45, 7) is 13.6. The van der Waals surface area contributed by atoms with E-state index in [0.717, 1.165) is 25.7 Å². The Bertz CT molecular complexity index is 462. The lowest BCUT2D eigenvalue weighted by atomic mass is 9.86. The molecule has 0 radical (unpaired) electrons. The Labute approximate surface area is 155 Å². The highest BCUT2D eigenvalue weighted by atomic mass is 28.4. The van der Waals surface area contributed by atoms with Gasteiger partial charge in [0.05, 0.1) is 6.10 Å². The van der Waals surface area contributed by atoms with Crippen LogP contribution in [0.15, 0.2) is 24.3 Å². The molecular formula is C21H38O3Si. The third-order valence-electron chi connectivity index (χ3n) is 4.82. The molecule has 0 aromatic heterocycles. The van der Waals surface area contributed by atoms with E-state index in [1.165, 1.54) is 0 Å². The predicted molar refractivity (Wildman–Crippen MR) is 108 cm³/mol. The molecule has 144 valence electrons. The minimum atomic E-state index is -1.55. The van der Waals surface area contributed by atoms with Gasteiger partial charge in [-0.15, -0.1) is 0 Å². The van der Waals surface area contributed by atoms with Crippen molar-refractivity contribution in [3.63, 3.8) is 0 Å². The fraction of sp³-hybridized carbons (Fsp3) is 0.762. The molecule has 0 aliphatic heterocycles. The Hall–Kier alpha value is -0.873. The third kappa shape index (κ3) is 8.86. The van der Waals surface area contributed by atoms with Crippen LogP contribution in [-0.2, 0) is 9.22 Å². The number of rotatable bonds is 10. The summed E-state index contributed by atoms with van der Waals surface area (Å²) >= 11 is 0. The van der Waals surface area contributed by atoms with Gasteiger partial charge in [-0.3, -0.25) is 4.79 Å². The lowest BCUT2D eigenvalue weighted by Gasteiger charge is -2.28. The maximum Gasteiger partial charge on any atom is 0.303 e. The van der Waals surface area contributed by atoms with Crippen molar-refractivity contribution in [1.29, 1.82) is 0 Å². The maximum atomic E-state index is 10.6. The number of carboxylic acids is 1. The molecule has 1 aliphatic rings. The zero-order valence-electron chi connectivity index (χ0n) is 17.0. The van der Waals surface area contributed by atoms with Gasteiger partial charge in [0.2, 0.25) is 0 Å². The lowest BCUT2D eigenvalue weighted by molar-refractivity contribution is -0.137. The van der Waals surface area contributed by atoms with Crippen molar-refractivity contribution < 1.29 is 14.3 Å².